The summed E-state index contributed by atoms with van der Waals surface area (Å²) in [5.41, 5.74) is 0.831. The number of nitrogens with zero attached hydrogens (tertiary/aromatic N) is 2. The summed E-state index contributed by atoms with van der Waals surface area (Å²) in [6.07, 6.45) is 9.06. The standard InChI is InChI=1S/C20H23N3O4/c1-26-17-9-6-15(7-10-17)8-11-20(25)27-14-19(24)22-18-12-13-21-23(18)16-4-2-3-5-16/h6-13,16H,2-5,14H2,1H3,(H,22,24)/b11-8+. The van der Waals surface area contributed by atoms with Crippen molar-refractivity contribution in [2.75, 3.05) is 19.0 Å². The fourth-order valence-corrected chi connectivity index (χ4v) is 3.10. The molecule has 3 rings (SSSR count). The summed E-state index contributed by atoms with van der Waals surface area (Å²) in [4.78, 5) is 23.9. The smallest absolute Gasteiger partial charge is 0.331 e. The molecule has 1 amide bonds. The van der Waals surface area contributed by atoms with Gasteiger partial charge in [-0.1, -0.05) is 25.0 Å². The zero-order valence-electron chi connectivity index (χ0n) is 15.3. The average molecular weight is 369 g/mol. The Hall–Kier alpha value is -3.09. The van der Waals surface area contributed by atoms with Crippen LogP contribution in [0.4, 0.5) is 5.82 Å². The summed E-state index contributed by atoms with van der Waals surface area (Å²) >= 11 is 0. The molecule has 1 N–H and O–H groups in total. The van der Waals surface area contributed by atoms with Crippen LogP contribution in [0.5, 0.6) is 5.75 Å². The third-order valence-electron chi connectivity index (χ3n) is 4.48. The predicted octanol–water partition coefficient (Wildman–Crippen LogP) is 3.20. The Labute approximate surface area is 158 Å². The number of amides is 1. The van der Waals surface area contributed by atoms with E-state index in [0.29, 0.717) is 11.9 Å². The lowest BCUT2D eigenvalue weighted by molar-refractivity contribution is -0.142. The van der Waals surface area contributed by atoms with Crippen LogP contribution < -0.4 is 10.1 Å². The first-order valence-corrected chi connectivity index (χ1v) is 8.98. The minimum atomic E-state index is -0.578. The first-order valence-electron chi connectivity index (χ1n) is 8.98. The maximum atomic E-state index is 12.1. The first-order chi connectivity index (χ1) is 13.2. The van der Waals surface area contributed by atoms with E-state index >= 15 is 0 Å². The van der Waals surface area contributed by atoms with Crippen LogP contribution in [0.1, 0.15) is 37.3 Å². The highest BCUT2D eigenvalue weighted by Gasteiger charge is 2.20. The van der Waals surface area contributed by atoms with Crippen molar-refractivity contribution in [3.05, 3.63) is 48.2 Å². The molecule has 1 aromatic heterocycles. The van der Waals surface area contributed by atoms with E-state index in [0.717, 1.165) is 24.2 Å². The average Bonchev–Trinajstić information content (AvgIpc) is 3.36. The zero-order valence-corrected chi connectivity index (χ0v) is 15.3. The molecule has 0 atom stereocenters. The van der Waals surface area contributed by atoms with E-state index in [2.05, 4.69) is 10.4 Å². The van der Waals surface area contributed by atoms with Crippen LogP contribution in [0.25, 0.3) is 6.08 Å². The number of esters is 1. The minimum Gasteiger partial charge on any atom is -0.497 e. The number of carbonyl (C=O) groups is 2. The summed E-state index contributed by atoms with van der Waals surface area (Å²) in [5, 5.41) is 7.05. The Morgan fingerprint density at radius 1 is 1.22 bits per heavy atom. The highest BCUT2D eigenvalue weighted by molar-refractivity contribution is 5.94. The van der Waals surface area contributed by atoms with Crippen LogP contribution >= 0.6 is 0 Å². The summed E-state index contributed by atoms with van der Waals surface area (Å²) in [5.74, 6) is 0.408. The molecule has 7 nitrogen and oxygen atoms in total. The van der Waals surface area contributed by atoms with E-state index in [-0.39, 0.29) is 12.5 Å². The van der Waals surface area contributed by atoms with Gasteiger partial charge in [-0.05, 0) is 36.6 Å². The monoisotopic (exact) mass is 369 g/mol. The van der Waals surface area contributed by atoms with E-state index in [4.69, 9.17) is 9.47 Å². The lowest BCUT2D eigenvalue weighted by Crippen LogP contribution is -2.22. The third-order valence-corrected chi connectivity index (χ3v) is 4.48. The van der Waals surface area contributed by atoms with Gasteiger partial charge in [-0.2, -0.15) is 5.10 Å². The summed E-state index contributed by atoms with van der Waals surface area (Å²) < 4.78 is 11.9. The van der Waals surface area contributed by atoms with Gasteiger partial charge in [0.25, 0.3) is 5.91 Å². The van der Waals surface area contributed by atoms with E-state index in [1.807, 2.05) is 16.8 Å². The van der Waals surface area contributed by atoms with Crippen LogP contribution in [-0.2, 0) is 14.3 Å². The van der Waals surface area contributed by atoms with Gasteiger partial charge in [0.05, 0.1) is 19.3 Å². The molecule has 0 spiro atoms. The van der Waals surface area contributed by atoms with Gasteiger partial charge in [-0.25, -0.2) is 9.48 Å². The topological polar surface area (TPSA) is 82.4 Å². The van der Waals surface area contributed by atoms with Gasteiger partial charge in [0.2, 0.25) is 0 Å². The number of hydrogen-bond acceptors (Lipinski definition) is 5. The Morgan fingerprint density at radius 2 is 1.96 bits per heavy atom. The van der Waals surface area contributed by atoms with Crippen LogP contribution in [-0.4, -0.2) is 35.4 Å². The van der Waals surface area contributed by atoms with Crippen molar-refractivity contribution < 1.29 is 19.1 Å². The normalized spacial score (nSPS) is 14.4. The van der Waals surface area contributed by atoms with Crippen molar-refractivity contribution in [3.8, 4) is 5.75 Å². The van der Waals surface area contributed by atoms with Gasteiger partial charge in [0.15, 0.2) is 6.61 Å². The van der Waals surface area contributed by atoms with E-state index in [1.165, 1.54) is 18.9 Å². The largest absolute Gasteiger partial charge is 0.497 e. The van der Waals surface area contributed by atoms with Crippen molar-refractivity contribution in [2.24, 2.45) is 0 Å². The van der Waals surface area contributed by atoms with E-state index < -0.39 is 5.97 Å². The quantitative estimate of drug-likeness (QED) is 0.599. The Kier molecular flexibility index (Phi) is 6.25. The third kappa shape index (κ3) is 5.20. The molecule has 1 aliphatic carbocycles. The molecule has 0 radical (unpaired) electrons. The van der Waals surface area contributed by atoms with Gasteiger partial charge < -0.3 is 14.8 Å². The molecule has 1 fully saturated rings. The van der Waals surface area contributed by atoms with Crippen molar-refractivity contribution in [1.82, 2.24) is 9.78 Å². The summed E-state index contributed by atoms with van der Waals surface area (Å²) in [6, 6.07) is 9.31. The predicted molar refractivity (Wildman–Crippen MR) is 101 cm³/mol. The highest BCUT2D eigenvalue weighted by Crippen LogP contribution is 2.31. The molecule has 0 saturated heterocycles. The van der Waals surface area contributed by atoms with Gasteiger partial charge in [-0.15, -0.1) is 0 Å². The van der Waals surface area contributed by atoms with Gasteiger partial charge in [-0.3, -0.25) is 4.79 Å². The lowest BCUT2D eigenvalue weighted by Gasteiger charge is -2.14. The van der Waals surface area contributed by atoms with Gasteiger partial charge in [0.1, 0.15) is 11.6 Å². The van der Waals surface area contributed by atoms with Crippen LogP contribution in [0.3, 0.4) is 0 Å². The van der Waals surface area contributed by atoms with Crippen LogP contribution in [0.15, 0.2) is 42.6 Å². The Bertz CT molecular complexity index is 805. The second-order valence-corrected chi connectivity index (χ2v) is 6.36. The fraction of sp³-hybridized carbons (Fsp3) is 0.350. The Morgan fingerprint density at radius 3 is 2.67 bits per heavy atom. The first kappa shape index (κ1) is 18.7. The number of hydrogen-bond donors (Lipinski definition) is 1. The number of nitrogens with one attached hydrogen (secondary N) is 1. The van der Waals surface area contributed by atoms with E-state index in [1.54, 1.807) is 37.6 Å². The zero-order chi connectivity index (χ0) is 19.1. The lowest BCUT2D eigenvalue weighted by atomic mass is 10.2. The summed E-state index contributed by atoms with van der Waals surface area (Å²) in [7, 11) is 1.59. The SMILES string of the molecule is COc1ccc(/C=C/C(=O)OCC(=O)Nc2ccnn2C2CCCC2)cc1. The summed E-state index contributed by atoms with van der Waals surface area (Å²) in [6.45, 7) is -0.346. The number of rotatable bonds is 7. The van der Waals surface area contributed by atoms with Crippen molar-refractivity contribution in [2.45, 2.75) is 31.7 Å². The maximum Gasteiger partial charge on any atom is 0.331 e. The van der Waals surface area contributed by atoms with E-state index in [9.17, 15) is 9.59 Å². The van der Waals surface area contributed by atoms with Crippen molar-refractivity contribution in [1.29, 1.82) is 0 Å². The molecule has 1 aromatic carbocycles. The number of benzene rings is 1. The number of anilines is 1. The second-order valence-electron chi connectivity index (χ2n) is 6.36. The van der Waals surface area contributed by atoms with Crippen molar-refractivity contribution >= 4 is 23.8 Å². The highest BCUT2D eigenvalue weighted by atomic mass is 16.5. The van der Waals surface area contributed by atoms with Gasteiger partial charge >= 0.3 is 5.97 Å². The molecule has 1 heterocycles. The maximum absolute atomic E-state index is 12.1. The van der Waals surface area contributed by atoms with Crippen LogP contribution in [0, 0.1) is 0 Å². The molecule has 0 bridgehead atoms. The molecule has 27 heavy (non-hydrogen) atoms. The second kappa shape index (κ2) is 9.02. The Balaban J connectivity index is 1.46. The number of carbonyl (C=O) groups excluding carboxylic acids is 2. The molecule has 0 unspecified atom stereocenters. The molecule has 1 aliphatic rings. The number of aromatic nitrogens is 2. The fourth-order valence-electron chi connectivity index (χ4n) is 3.10. The minimum absolute atomic E-state index is 0.324. The number of methoxy groups -OCH3 is 1. The molecular weight excluding hydrogens is 346 g/mol. The molecule has 2 aromatic rings. The van der Waals surface area contributed by atoms with Gasteiger partial charge in [0, 0.05) is 12.1 Å². The molecule has 142 valence electrons. The molecule has 7 heteroatoms. The molecule has 0 aliphatic heterocycles. The van der Waals surface area contributed by atoms with Crippen molar-refractivity contribution in [3.63, 3.8) is 0 Å². The molecule has 1 saturated carbocycles. The molecular formula is C20H23N3O4. The number of ether oxygens (including phenoxy) is 2. The van der Waals surface area contributed by atoms with Crippen LogP contribution in [0.2, 0.25) is 0 Å².